The Balaban J connectivity index is 0.00000280. The molecule has 1 aliphatic rings. The van der Waals surface area contributed by atoms with Crippen LogP contribution in [0.25, 0.3) is 0 Å². The van der Waals surface area contributed by atoms with E-state index in [0.717, 1.165) is 0 Å². The van der Waals surface area contributed by atoms with Crippen LogP contribution in [0.3, 0.4) is 0 Å². The number of aromatic hydroxyl groups is 1. The summed E-state index contributed by atoms with van der Waals surface area (Å²) in [6.07, 6.45) is 0.640. The zero-order valence-corrected chi connectivity index (χ0v) is 16.2. The van der Waals surface area contributed by atoms with Gasteiger partial charge >= 0.3 is 5.97 Å². The zero-order valence-electron chi connectivity index (χ0n) is 15.4. The molecular formula is C19H23ClN2O6. The maximum atomic E-state index is 12.3. The maximum Gasteiger partial charge on any atom is 0.341 e. The average Bonchev–Trinajstić information content (AvgIpc) is 3.22. The lowest BCUT2D eigenvalue weighted by atomic mass is 10.0. The molecule has 1 aromatic heterocycles. The Morgan fingerprint density at radius 2 is 1.93 bits per heavy atom. The quantitative estimate of drug-likeness (QED) is 0.723. The number of rotatable bonds is 5. The standard InChI is InChI=1S/C19H22N2O6.ClH/c1-26-19(25)14-11-13(4-5-15(14)22)16(23)12-20-6-8-21(9-7-20)18(24)17-3-2-10-27-17;/h2-5,10-11,16,22-23H,6-9,12H2,1H3;1H. The van der Waals surface area contributed by atoms with Crippen molar-refractivity contribution in [3.05, 3.63) is 53.5 Å². The minimum absolute atomic E-state index is 0. The number of aliphatic hydroxyl groups excluding tert-OH is 1. The number of hydrogen-bond acceptors (Lipinski definition) is 7. The molecule has 3 rings (SSSR count). The SMILES string of the molecule is COC(=O)c1cc(C(O)CN2CCN(C(=O)c3ccco3)CC2)ccc1O.Cl. The first-order valence-corrected chi connectivity index (χ1v) is 8.64. The maximum absolute atomic E-state index is 12.3. The number of phenolic OH excluding ortho intramolecular Hbond substituents is 1. The Bertz CT molecular complexity index is 803. The number of halogens is 1. The Morgan fingerprint density at radius 1 is 1.21 bits per heavy atom. The number of methoxy groups -OCH3 is 1. The Labute approximate surface area is 168 Å². The topological polar surface area (TPSA) is 103 Å². The van der Waals surface area contributed by atoms with Crippen LogP contribution in [0.15, 0.2) is 41.0 Å². The van der Waals surface area contributed by atoms with Crippen molar-refractivity contribution in [3.8, 4) is 5.75 Å². The van der Waals surface area contributed by atoms with Crippen LogP contribution < -0.4 is 0 Å². The van der Waals surface area contributed by atoms with Gasteiger partial charge in [0.15, 0.2) is 5.76 Å². The van der Waals surface area contributed by atoms with Crippen molar-refractivity contribution in [1.29, 1.82) is 0 Å². The summed E-state index contributed by atoms with van der Waals surface area (Å²) in [5.41, 5.74) is 0.533. The fourth-order valence-corrected chi connectivity index (χ4v) is 3.07. The highest BCUT2D eigenvalue weighted by atomic mass is 35.5. The Kier molecular flexibility index (Phi) is 7.45. The highest BCUT2D eigenvalue weighted by Crippen LogP contribution is 2.24. The molecule has 1 aromatic carbocycles. The summed E-state index contributed by atoms with van der Waals surface area (Å²) in [7, 11) is 1.23. The third-order valence-corrected chi connectivity index (χ3v) is 4.63. The third-order valence-electron chi connectivity index (χ3n) is 4.63. The first kappa shape index (κ1) is 21.7. The van der Waals surface area contributed by atoms with Crippen LogP contribution >= 0.6 is 12.4 Å². The predicted molar refractivity (Wildman–Crippen MR) is 103 cm³/mol. The van der Waals surface area contributed by atoms with Gasteiger partial charge in [0, 0.05) is 32.7 Å². The number of amides is 1. The number of aliphatic hydroxyl groups is 1. The molecule has 2 N–H and O–H groups in total. The number of β-amino-alcohol motifs (C(OH)–C–C–N with tert-alkyl or cyclic N) is 1. The number of furan rings is 1. The summed E-state index contributed by atoms with van der Waals surface area (Å²) in [5.74, 6) is -0.668. The average molecular weight is 411 g/mol. The number of phenols is 1. The van der Waals surface area contributed by atoms with Crippen molar-refractivity contribution in [2.24, 2.45) is 0 Å². The van der Waals surface area contributed by atoms with Gasteiger partial charge in [-0.05, 0) is 29.8 Å². The zero-order chi connectivity index (χ0) is 19.4. The van der Waals surface area contributed by atoms with Crippen LogP contribution in [0.2, 0.25) is 0 Å². The molecule has 152 valence electrons. The van der Waals surface area contributed by atoms with Crippen LogP contribution in [-0.4, -0.2) is 71.7 Å². The second kappa shape index (κ2) is 9.59. The van der Waals surface area contributed by atoms with E-state index in [1.165, 1.54) is 25.5 Å². The van der Waals surface area contributed by atoms with E-state index < -0.39 is 12.1 Å². The fourth-order valence-electron chi connectivity index (χ4n) is 3.07. The lowest BCUT2D eigenvalue weighted by Crippen LogP contribution is -2.49. The molecule has 1 saturated heterocycles. The third kappa shape index (κ3) is 4.83. The molecule has 1 unspecified atom stereocenters. The Morgan fingerprint density at radius 3 is 2.54 bits per heavy atom. The van der Waals surface area contributed by atoms with Crippen LogP contribution in [0.4, 0.5) is 0 Å². The van der Waals surface area contributed by atoms with E-state index in [2.05, 4.69) is 4.74 Å². The minimum atomic E-state index is -0.832. The first-order chi connectivity index (χ1) is 13.0. The van der Waals surface area contributed by atoms with Crippen molar-refractivity contribution in [2.75, 3.05) is 39.8 Å². The van der Waals surface area contributed by atoms with Crippen LogP contribution in [-0.2, 0) is 4.74 Å². The molecular weight excluding hydrogens is 388 g/mol. The molecule has 0 spiro atoms. The largest absolute Gasteiger partial charge is 0.507 e. The van der Waals surface area contributed by atoms with Crippen molar-refractivity contribution in [2.45, 2.75) is 6.10 Å². The predicted octanol–water partition coefficient (Wildman–Crippen LogP) is 1.68. The number of nitrogens with zero attached hydrogens (tertiary/aromatic N) is 2. The van der Waals surface area contributed by atoms with Gasteiger partial charge in [0.2, 0.25) is 0 Å². The van der Waals surface area contributed by atoms with E-state index in [4.69, 9.17) is 4.42 Å². The summed E-state index contributed by atoms with van der Waals surface area (Å²) < 4.78 is 9.77. The van der Waals surface area contributed by atoms with Crippen molar-refractivity contribution >= 4 is 24.3 Å². The van der Waals surface area contributed by atoms with Gasteiger partial charge < -0.3 is 24.3 Å². The highest BCUT2D eigenvalue weighted by Gasteiger charge is 2.25. The van der Waals surface area contributed by atoms with Crippen molar-refractivity contribution < 1.29 is 29.0 Å². The molecule has 1 amide bonds. The van der Waals surface area contributed by atoms with Crippen molar-refractivity contribution in [3.63, 3.8) is 0 Å². The number of esters is 1. The van der Waals surface area contributed by atoms with Gasteiger partial charge in [-0.15, -0.1) is 12.4 Å². The number of carbonyl (C=O) groups excluding carboxylic acids is 2. The first-order valence-electron chi connectivity index (χ1n) is 8.64. The smallest absolute Gasteiger partial charge is 0.341 e. The number of carbonyl (C=O) groups is 2. The van der Waals surface area contributed by atoms with Gasteiger partial charge in [-0.3, -0.25) is 9.69 Å². The molecule has 1 atom stereocenters. The summed E-state index contributed by atoms with van der Waals surface area (Å²) in [6.45, 7) is 2.66. The summed E-state index contributed by atoms with van der Waals surface area (Å²) in [6, 6.07) is 7.69. The fraction of sp³-hybridized carbons (Fsp3) is 0.368. The summed E-state index contributed by atoms with van der Waals surface area (Å²) >= 11 is 0. The number of hydrogen-bond donors (Lipinski definition) is 2. The molecule has 0 saturated carbocycles. The Hall–Kier alpha value is -2.55. The minimum Gasteiger partial charge on any atom is -0.507 e. The molecule has 9 heteroatoms. The van der Waals surface area contributed by atoms with E-state index in [9.17, 15) is 19.8 Å². The molecule has 28 heavy (non-hydrogen) atoms. The molecule has 8 nitrogen and oxygen atoms in total. The number of piperazine rings is 1. The van der Waals surface area contributed by atoms with E-state index in [-0.39, 0.29) is 29.6 Å². The molecule has 1 fully saturated rings. The molecule has 1 aliphatic heterocycles. The van der Waals surface area contributed by atoms with Gasteiger partial charge in [-0.25, -0.2) is 4.79 Å². The highest BCUT2D eigenvalue weighted by molar-refractivity contribution is 5.92. The monoisotopic (exact) mass is 410 g/mol. The number of benzene rings is 1. The van der Waals surface area contributed by atoms with E-state index in [1.54, 1.807) is 23.1 Å². The lowest BCUT2D eigenvalue weighted by molar-refractivity contribution is 0.0503. The van der Waals surface area contributed by atoms with Gasteiger partial charge in [0.1, 0.15) is 11.3 Å². The van der Waals surface area contributed by atoms with Crippen molar-refractivity contribution in [1.82, 2.24) is 9.80 Å². The number of ether oxygens (including phenoxy) is 1. The molecule has 2 aromatic rings. The van der Waals surface area contributed by atoms with E-state index >= 15 is 0 Å². The molecule has 2 heterocycles. The summed E-state index contributed by atoms with van der Waals surface area (Å²) in [4.78, 5) is 27.7. The molecule has 0 bridgehead atoms. The second-order valence-electron chi connectivity index (χ2n) is 6.35. The van der Waals surface area contributed by atoms with Gasteiger partial charge in [0.25, 0.3) is 5.91 Å². The lowest BCUT2D eigenvalue weighted by Gasteiger charge is -2.35. The van der Waals surface area contributed by atoms with E-state index in [1.807, 2.05) is 4.90 Å². The van der Waals surface area contributed by atoms with Gasteiger partial charge in [-0.2, -0.15) is 0 Å². The molecule has 0 radical (unpaired) electrons. The van der Waals surface area contributed by atoms with Crippen LogP contribution in [0, 0.1) is 0 Å². The van der Waals surface area contributed by atoms with Crippen LogP contribution in [0.1, 0.15) is 32.6 Å². The van der Waals surface area contributed by atoms with Gasteiger partial charge in [0.05, 0.1) is 19.5 Å². The second-order valence-corrected chi connectivity index (χ2v) is 6.35. The van der Waals surface area contributed by atoms with E-state index in [0.29, 0.717) is 44.0 Å². The van der Waals surface area contributed by atoms with Crippen LogP contribution in [0.5, 0.6) is 5.75 Å². The normalized spacial score (nSPS) is 15.6. The molecule has 0 aliphatic carbocycles. The summed E-state index contributed by atoms with van der Waals surface area (Å²) in [5, 5.41) is 20.3. The van der Waals surface area contributed by atoms with Gasteiger partial charge in [-0.1, -0.05) is 6.07 Å².